The molecule has 2 aromatic carbocycles. The van der Waals surface area contributed by atoms with E-state index in [-0.39, 0.29) is 11.3 Å². The van der Waals surface area contributed by atoms with Crippen LogP contribution in [0.15, 0.2) is 70.9 Å². The van der Waals surface area contributed by atoms with Gasteiger partial charge >= 0.3 is 5.91 Å². The van der Waals surface area contributed by atoms with Crippen LogP contribution in [0.25, 0.3) is 16.0 Å². The van der Waals surface area contributed by atoms with Gasteiger partial charge in [0.25, 0.3) is 5.78 Å². The maximum absolute atomic E-state index is 13.2. The molecule has 166 valence electrons. The van der Waals surface area contributed by atoms with Gasteiger partial charge in [0.15, 0.2) is 5.13 Å². The number of benzene rings is 2. The second-order valence-electron chi connectivity index (χ2n) is 7.25. The molecule has 0 radical (unpaired) electrons. The van der Waals surface area contributed by atoms with Crippen LogP contribution in [0.2, 0.25) is 5.02 Å². The summed E-state index contributed by atoms with van der Waals surface area (Å²) in [6.45, 7) is 2.37. The van der Waals surface area contributed by atoms with Gasteiger partial charge in [-0.2, -0.15) is 0 Å². The van der Waals surface area contributed by atoms with Gasteiger partial charge in [0.1, 0.15) is 23.3 Å². The minimum Gasteiger partial charge on any atom is -0.507 e. The molecule has 1 atom stereocenters. The Labute approximate surface area is 197 Å². The van der Waals surface area contributed by atoms with Crippen molar-refractivity contribution in [3.8, 4) is 5.75 Å². The van der Waals surface area contributed by atoms with E-state index in [1.807, 2.05) is 6.92 Å². The third-order valence-corrected chi connectivity index (χ3v) is 6.49. The van der Waals surface area contributed by atoms with E-state index in [1.54, 1.807) is 54.6 Å². The summed E-state index contributed by atoms with van der Waals surface area (Å²) >= 11 is 7.32. The molecule has 1 aliphatic rings. The molecule has 7 nitrogen and oxygen atoms in total. The average Bonchev–Trinajstić information content (AvgIpc) is 3.53. The monoisotopic (exact) mass is 480 g/mol. The normalized spacial score (nSPS) is 17.8. The first-order valence-electron chi connectivity index (χ1n) is 10.1. The second-order valence-corrected chi connectivity index (χ2v) is 8.70. The molecule has 2 aromatic heterocycles. The summed E-state index contributed by atoms with van der Waals surface area (Å²) in [5, 5.41) is 11.9. The Balaban J connectivity index is 1.65. The van der Waals surface area contributed by atoms with Crippen molar-refractivity contribution in [3.05, 3.63) is 82.8 Å². The van der Waals surface area contributed by atoms with Gasteiger partial charge in [-0.25, -0.2) is 4.98 Å². The molecule has 0 bridgehead atoms. The zero-order valence-corrected chi connectivity index (χ0v) is 18.9. The lowest BCUT2D eigenvalue weighted by molar-refractivity contribution is -0.132. The van der Waals surface area contributed by atoms with Gasteiger partial charge in [-0.1, -0.05) is 22.9 Å². The van der Waals surface area contributed by atoms with Gasteiger partial charge in [-0.15, -0.1) is 0 Å². The largest absolute Gasteiger partial charge is 0.507 e. The molecule has 0 spiro atoms. The molecule has 3 heterocycles. The molecule has 33 heavy (non-hydrogen) atoms. The van der Waals surface area contributed by atoms with Crippen LogP contribution in [-0.4, -0.2) is 28.4 Å². The van der Waals surface area contributed by atoms with Gasteiger partial charge in [0.05, 0.1) is 28.7 Å². The van der Waals surface area contributed by atoms with Crippen molar-refractivity contribution < 1.29 is 23.8 Å². The highest BCUT2D eigenvalue weighted by Crippen LogP contribution is 2.44. The van der Waals surface area contributed by atoms with Crippen molar-refractivity contribution in [2.75, 3.05) is 11.5 Å². The van der Waals surface area contributed by atoms with Gasteiger partial charge < -0.3 is 14.3 Å². The van der Waals surface area contributed by atoms with E-state index in [9.17, 15) is 14.7 Å². The quantitative estimate of drug-likeness (QED) is 0.228. The first-order chi connectivity index (χ1) is 16.0. The van der Waals surface area contributed by atoms with E-state index in [4.69, 9.17) is 20.8 Å². The molecule has 9 heteroatoms. The van der Waals surface area contributed by atoms with Crippen LogP contribution in [0, 0.1) is 0 Å². The van der Waals surface area contributed by atoms with E-state index < -0.39 is 17.7 Å². The topological polar surface area (TPSA) is 92.9 Å². The predicted octanol–water partition coefficient (Wildman–Crippen LogP) is 5.57. The Morgan fingerprint density at radius 3 is 2.70 bits per heavy atom. The number of furan rings is 1. The molecule has 1 unspecified atom stereocenters. The molecule has 1 fully saturated rings. The molecule has 4 aromatic rings. The maximum atomic E-state index is 13.2. The molecule has 5 rings (SSSR count). The van der Waals surface area contributed by atoms with E-state index in [0.29, 0.717) is 39.4 Å². The number of hydrogen-bond donors (Lipinski definition) is 1. The number of ether oxygens (including phenoxy) is 1. The maximum Gasteiger partial charge on any atom is 0.302 e. The fraction of sp³-hybridized carbons (Fsp3) is 0.125. The van der Waals surface area contributed by atoms with Crippen LogP contribution >= 0.6 is 22.9 Å². The van der Waals surface area contributed by atoms with Crippen molar-refractivity contribution in [1.82, 2.24) is 4.98 Å². The third kappa shape index (κ3) is 3.67. The second kappa shape index (κ2) is 8.38. The number of hydrogen-bond acceptors (Lipinski definition) is 7. The summed E-state index contributed by atoms with van der Waals surface area (Å²) < 4.78 is 11.8. The highest BCUT2D eigenvalue weighted by Gasteiger charge is 2.49. The molecule has 1 aliphatic heterocycles. The van der Waals surface area contributed by atoms with Crippen LogP contribution in [0.4, 0.5) is 5.13 Å². The summed E-state index contributed by atoms with van der Waals surface area (Å²) in [4.78, 5) is 32.1. The number of thiazole rings is 1. The number of rotatable bonds is 5. The summed E-state index contributed by atoms with van der Waals surface area (Å²) in [6.07, 6.45) is 1.45. The van der Waals surface area contributed by atoms with Crippen LogP contribution in [0.1, 0.15) is 24.3 Å². The zero-order chi connectivity index (χ0) is 23.1. The van der Waals surface area contributed by atoms with Gasteiger partial charge in [0, 0.05) is 10.6 Å². The van der Waals surface area contributed by atoms with E-state index in [0.717, 1.165) is 4.70 Å². The number of aromatic nitrogens is 1. The lowest BCUT2D eigenvalue weighted by atomic mass is 9.99. The number of carbonyl (C=O) groups is 2. The zero-order valence-electron chi connectivity index (χ0n) is 17.3. The predicted molar refractivity (Wildman–Crippen MR) is 126 cm³/mol. The lowest BCUT2D eigenvalue weighted by Crippen LogP contribution is -2.29. The summed E-state index contributed by atoms with van der Waals surface area (Å²) in [6, 6.07) is 14.2. The number of anilines is 1. The van der Waals surface area contributed by atoms with Crippen molar-refractivity contribution in [2.24, 2.45) is 0 Å². The minimum atomic E-state index is -0.970. The smallest absolute Gasteiger partial charge is 0.302 e. The number of fused-ring (bicyclic) bond motifs is 1. The molecule has 0 aliphatic carbocycles. The van der Waals surface area contributed by atoms with Crippen LogP contribution in [-0.2, 0) is 9.59 Å². The molecule has 1 amide bonds. The van der Waals surface area contributed by atoms with Crippen molar-refractivity contribution in [3.63, 3.8) is 0 Å². The fourth-order valence-corrected chi connectivity index (χ4v) is 5.03. The number of nitrogens with zero attached hydrogens (tertiary/aromatic N) is 2. The number of Topliss-reactive ketones (excluding diaryl/α,β-unsaturated/α-hetero) is 1. The number of halogens is 1. The Bertz CT molecular complexity index is 1390. The van der Waals surface area contributed by atoms with Crippen LogP contribution in [0.5, 0.6) is 5.75 Å². The highest BCUT2D eigenvalue weighted by molar-refractivity contribution is 7.22. The summed E-state index contributed by atoms with van der Waals surface area (Å²) in [7, 11) is 0. The SMILES string of the molecule is CCOc1ccc(C(O)=C2C(=O)C(=O)N(c3nc4ccc(Cl)cc4s3)C2c2ccco2)cc1. The number of ketones is 1. The van der Waals surface area contributed by atoms with Crippen molar-refractivity contribution in [2.45, 2.75) is 13.0 Å². The average molecular weight is 481 g/mol. The molecular formula is C24H17ClN2O5S. The van der Waals surface area contributed by atoms with Gasteiger partial charge in [0.2, 0.25) is 0 Å². The Hall–Kier alpha value is -3.62. The number of aliphatic hydroxyl groups excluding tert-OH is 1. The molecular weight excluding hydrogens is 464 g/mol. The highest BCUT2D eigenvalue weighted by atomic mass is 35.5. The summed E-state index contributed by atoms with van der Waals surface area (Å²) in [5.41, 5.74) is 0.950. The van der Waals surface area contributed by atoms with Gasteiger partial charge in [-0.05, 0) is 61.5 Å². The van der Waals surface area contributed by atoms with E-state index in [1.165, 1.54) is 22.5 Å². The molecule has 1 N–H and O–H groups in total. The Kier molecular flexibility index (Phi) is 5.39. The Morgan fingerprint density at radius 2 is 2.00 bits per heavy atom. The number of aliphatic hydroxyl groups is 1. The number of amides is 1. The van der Waals surface area contributed by atoms with Crippen molar-refractivity contribution >= 4 is 55.7 Å². The Morgan fingerprint density at radius 1 is 1.21 bits per heavy atom. The molecule has 0 saturated carbocycles. The standard InChI is InChI=1S/C24H17ClN2O5S/c1-2-31-15-8-5-13(6-9-15)21(28)19-20(17-4-3-11-32-17)27(23(30)22(19)29)24-26-16-10-7-14(25)12-18(16)33-24/h3-12,20,28H,2H2,1H3. The minimum absolute atomic E-state index is 0.0728. The van der Waals surface area contributed by atoms with Crippen molar-refractivity contribution in [1.29, 1.82) is 0 Å². The number of carbonyl (C=O) groups excluding carboxylic acids is 2. The molecule has 1 saturated heterocycles. The van der Waals surface area contributed by atoms with E-state index in [2.05, 4.69) is 4.98 Å². The van der Waals surface area contributed by atoms with E-state index >= 15 is 0 Å². The van der Waals surface area contributed by atoms with Crippen LogP contribution < -0.4 is 9.64 Å². The fourth-order valence-electron chi connectivity index (χ4n) is 3.77. The first-order valence-corrected chi connectivity index (χ1v) is 11.3. The van der Waals surface area contributed by atoms with Gasteiger partial charge in [-0.3, -0.25) is 14.5 Å². The van der Waals surface area contributed by atoms with Crippen LogP contribution in [0.3, 0.4) is 0 Å². The summed E-state index contributed by atoms with van der Waals surface area (Å²) in [5.74, 6) is -0.956. The lowest BCUT2D eigenvalue weighted by Gasteiger charge is -2.20. The first kappa shape index (κ1) is 21.2. The third-order valence-electron chi connectivity index (χ3n) is 5.24.